The second-order valence-corrected chi connectivity index (χ2v) is 8.34. The van der Waals surface area contributed by atoms with Gasteiger partial charge in [-0.15, -0.1) is 0 Å². The number of hydrogen-bond donors (Lipinski definition) is 1. The second-order valence-electron chi connectivity index (χ2n) is 8.34. The van der Waals surface area contributed by atoms with Crippen LogP contribution in [0.5, 0.6) is 0 Å². The fourth-order valence-electron chi connectivity index (χ4n) is 4.16. The molecular weight excluding hydrogens is 426 g/mol. The van der Waals surface area contributed by atoms with Crippen LogP contribution in [0.15, 0.2) is 85.3 Å². The van der Waals surface area contributed by atoms with E-state index in [4.69, 9.17) is 0 Å². The third-order valence-electron chi connectivity index (χ3n) is 5.89. The molecule has 0 unspecified atom stereocenters. The van der Waals surface area contributed by atoms with Crippen LogP contribution in [0, 0.1) is 0 Å². The molecule has 1 N–H and O–H groups in total. The molecule has 0 atom stereocenters. The smallest absolute Gasteiger partial charge is 0.259 e. The Hall–Kier alpha value is -4.26. The number of carbonyl (C=O) groups is 2. The van der Waals surface area contributed by atoms with Gasteiger partial charge in [0.05, 0.1) is 11.3 Å². The highest BCUT2D eigenvalue weighted by Crippen LogP contribution is 2.25. The number of pyridine rings is 1. The summed E-state index contributed by atoms with van der Waals surface area (Å²) >= 11 is 0. The number of amides is 2. The minimum atomic E-state index is -0.257. The van der Waals surface area contributed by atoms with Gasteiger partial charge in [-0.05, 0) is 54.8 Å². The number of para-hydroxylation sites is 1. The van der Waals surface area contributed by atoms with Crippen molar-refractivity contribution in [3.63, 3.8) is 0 Å². The van der Waals surface area contributed by atoms with Crippen LogP contribution >= 0.6 is 0 Å². The SMILES string of the molecule is O=C(Nc1cccc(CN2CCCCC2=O)c1)c1cn(-c2ccccc2)nc1-c1cccnc1. The van der Waals surface area contributed by atoms with Crippen molar-refractivity contribution in [1.29, 1.82) is 0 Å². The van der Waals surface area contributed by atoms with Crippen LogP contribution in [0.25, 0.3) is 16.9 Å². The first kappa shape index (κ1) is 21.6. The van der Waals surface area contributed by atoms with Gasteiger partial charge < -0.3 is 10.2 Å². The van der Waals surface area contributed by atoms with Gasteiger partial charge in [0.15, 0.2) is 0 Å². The van der Waals surface area contributed by atoms with Crippen LogP contribution in [-0.4, -0.2) is 38.0 Å². The predicted molar refractivity (Wildman–Crippen MR) is 130 cm³/mol. The zero-order valence-electron chi connectivity index (χ0n) is 18.7. The number of benzene rings is 2. The van der Waals surface area contributed by atoms with Crippen molar-refractivity contribution in [1.82, 2.24) is 19.7 Å². The molecule has 4 aromatic rings. The lowest BCUT2D eigenvalue weighted by molar-refractivity contribution is -0.133. The Kier molecular flexibility index (Phi) is 6.16. The Morgan fingerprint density at radius 1 is 1.00 bits per heavy atom. The molecule has 1 aliphatic rings. The molecule has 1 saturated heterocycles. The summed E-state index contributed by atoms with van der Waals surface area (Å²) in [5.74, 6) is -0.0673. The molecule has 2 aromatic carbocycles. The average molecular weight is 452 g/mol. The summed E-state index contributed by atoms with van der Waals surface area (Å²) in [6.45, 7) is 1.33. The molecule has 0 saturated carbocycles. The Labute approximate surface area is 198 Å². The maximum Gasteiger partial charge on any atom is 0.259 e. The highest BCUT2D eigenvalue weighted by Gasteiger charge is 2.20. The molecule has 1 fully saturated rings. The number of aromatic nitrogens is 3. The van der Waals surface area contributed by atoms with Crippen LogP contribution in [0.3, 0.4) is 0 Å². The lowest BCUT2D eigenvalue weighted by atomic mass is 10.1. The molecular formula is C27H25N5O2. The van der Waals surface area contributed by atoms with Crippen molar-refractivity contribution >= 4 is 17.5 Å². The van der Waals surface area contributed by atoms with Gasteiger partial charge in [0.2, 0.25) is 5.91 Å². The summed E-state index contributed by atoms with van der Waals surface area (Å²) in [7, 11) is 0. The Balaban J connectivity index is 1.41. The van der Waals surface area contributed by atoms with Gasteiger partial charge in [-0.3, -0.25) is 14.6 Å². The van der Waals surface area contributed by atoms with E-state index in [0.29, 0.717) is 29.9 Å². The average Bonchev–Trinajstić information content (AvgIpc) is 3.33. The molecule has 2 aromatic heterocycles. The van der Waals surface area contributed by atoms with Gasteiger partial charge >= 0.3 is 0 Å². The number of carbonyl (C=O) groups excluding carboxylic acids is 2. The molecule has 34 heavy (non-hydrogen) atoms. The van der Waals surface area contributed by atoms with Gasteiger partial charge in [-0.2, -0.15) is 5.10 Å². The maximum atomic E-state index is 13.4. The quantitative estimate of drug-likeness (QED) is 0.461. The fourth-order valence-corrected chi connectivity index (χ4v) is 4.16. The monoisotopic (exact) mass is 451 g/mol. The van der Waals surface area contributed by atoms with Gasteiger partial charge in [-0.1, -0.05) is 30.3 Å². The standard InChI is InChI=1S/C27H25N5O2/c33-25-13-4-5-15-31(25)18-20-8-6-10-22(16-20)29-27(34)24-19-32(23-11-2-1-3-12-23)30-26(24)21-9-7-14-28-17-21/h1-3,6-12,14,16-17,19H,4-5,13,15,18H2,(H,29,34). The minimum Gasteiger partial charge on any atom is -0.338 e. The summed E-state index contributed by atoms with van der Waals surface area (Å²) in [6.07, 6.45) is 7.73. The van der Waals surface area contributed by atoms with Crippen molar-refractivity contribution < 1.29 is 9.59 Å². The Morgan fingerprint density at radius 2 is 1.88 bits per heavy atom. The first-order valence-electron chi connectivity index (χ1n) is 11.4. The number of likely N-dealkylation sites (tertiary alicyclic amines) is 1. The predicted octanol–water partition coefficient (Wildman–Crippen LogP) is 4.70. The molecule has 1 aliphatic heterocycles. The van der Waals surface area contributed by atoms with E-state index in [9.17, 15) is 9.59 Å². The molecule has 0 aliphatic carbocycles. The van der Waals surface area contributed by atoms with E-state index < -0.39 is 0 Å². The molecule has 2 amide bonds. The minimum absolute atomic E-state index is 0.190. The topological polar surface area (TPSA) is 80.1 Å². The van der Waals surface area contributed by atoms with Crippen molar-refractivity contribution in [2.75, 3.05) is 11.9 Å². The lowest BCUT2D eigenvalue weighted by Crippen LogP contribution is -2.34. The van der Waals surface area contributed by atoms with E-state index in [2.05, 4.69) is 15.4 Å². The van der Waals surface area contributed by atoms with E-state index in [-0.39, 0.29) is 11.8 Å². The number of rotatable bonds is 6. The first-order valence-corrected chi connectivity index (χ1v) is 11.4. The first-order chi connectivity index (χ1) is 16.7. The van der Waals surface area contributed by atoms with Crippen molar-refractivity contribution in [2.45, 2.75) is 25.8 Å². The number of piperidine rings is 1. The summed E-state index contributed by atoms with van der Waals surface area (Å²) in [5, 5.41) is 7.69. The third kappa shape index (κ3) is 4.73. The van der Waals surface area contributed by atoms with Gasteiger partial charge in [0.25, 0.3) is 5.91 Å². The summed E-state index contributed by atoms with van der Waals surface area (Å²) in [5.41, 5.74) is 4.30. The van der Waals surface area contributed by atoms with E-state index in [1.54, 1.807) is 23.3 Å². The molecule has 0 radical (unpaired) electrons. The van der Waals surface area contributed by atoms with Crippen molar-refractivity contribution in [3.05, 3.63) is 96.4 Å². The molecule has 7 nitrogen and oxygen atoms in total. The van der Waals surface area contributed by atoms with E-state index >= 15 is 0 Å². The molecule has 7 heteroatoms. The van der Waals surface area contributed by atoms with E-state index in [0.717, 1.165) is 36.2 Å². The van der Waals surface area contributed by atoms with E-state index in [1.807, 2.05) is 71.6 Å². The van der Waals surface area contributed by atoms with Gasteiger partial charge in [-0.25, -0.2) is 4.68 Å². The summed E-state index contributed by atoms with van der Waals surface area (Å²) < 4.78 is 1.70. The zero-order valence-corrected chi connectivity index (χ0v) is 18.7. The number of nitrogens with zero attached hydrogens (tertiary/aromatic N) is 4. The third-order valence-corrected chi connectivity index (χ3v) is 5.89. The molecule has 0 bridgehead atoms. The van der Waals surface area contributed by atoms with Crippen LogP contribution in [0.2, 0.25) is 0 Å². The maximum absolute atomic E-state index is 13.4. The molecule has 170 valence electrons. The molecule has 3 heterocycles. The second kappa shape index (κ2) is 9.70. The number of nitrogens with one attached hydrogen (secondary N) is 1. The van der Waals surface area contributed by atoms with E-state index in [1.165, 1.54) is 0 Å². The summed E-state index contributed by atoms with van der Waals surface area (Å²) in [6, 6.07) is 21.0. The Bertz CT molecular complexity index is 1300. The highest BCUT2D eigenvalue weighted by molar-refractivity contribution is 6.08. The number of hydrogen-bond acceptors (Lipinski definition) is 4. The van der Waals surface area contributed by atoms with Crippen molar-refractivity contribution in [3.8, 4) is 16.9 Å². The van der Waals surface area contributed by atoms with Crippen LogP contribution < -0.4 is 5.32 Å². The van der Waals surface area contributed by atoms with Gasteiger partial charge in [0.1, 0.15) is 5.69 Å². The van der Waals surface area contributed by atoms with Crippen LogP contribution in [0.4, 0.5) is 5.69 Å². The number of anilines is 1. The zero-order chi connectivity index (χ0) is 23.3. The Morgan fingerprint density at radius 3 is 2.68 bits per heavy atom. The van der Waals surface area contributed by atoms with Crippen LogP contribution in [0.1, 0.15) is 35.2 Å². The summed E-state index contributed by atoms with van der Waals surface area (Å²) in [4.78, 5) is 31.6. The molecule has 0 spiro atoms. The largest absolute Gasteiger partial charge is 0.338 e. The fraction of sp³-hybridized carbons (Fsp3) is 0.185. The lowest BCUT2D eigenvalue weighted by Gasteiger charge is -2.26. The normalized spacial score (nSPS) is 13.6. The highest BCUT2D eigenvalue weighted by atomic mass is 16.2. The van der Waals surface area contributed by atoms with Crippen molar-refractivity contribution in [2.24, 2.45) is 0 Å². The van der Waals surface area contributed by atoms with Crippen LogP contribution in [-0.2, 0) is 11.3 Å². The van der Waals surface area contributed by atoms with Gasteiger partial charge in [0, 0.05) is 49.4 Å². The molecule has 5 rings (SSSR count).